The number of furan rings is 1. The Hall–Kier alpha value is -3.79. The number of amides is 1. The summed E-state index contributed by atoms with van der Waals surface area (Å²) in [5, 5.41) is 1.12. The summed E-state index contributed by atoms with van der Waals surface area (Å²) in [5.41, 5.74) is 7.08. The molecular formula is C30H25NO3. The van der Waals surface area contributed by atoms with E-state index in [1.807, 2.05) is 23.1 Å². The predicted molar refractivity (Wildman–Crippen MR) is 133 cm³/mol. The van der Waals surface area contributed by atoms with Gasteiger partial charge in [0.1, 0.15) is 18.0 Å². The van der Waals surface area contributed by atoms with Crippen molar-refractivity contribution in [3.8, 4) is 11.1 Å². The number of carbonyl (C=O) groups excluding carboxylic acids is 1. The molecule has 7 rings (SSSR count). The SMILES string of the molecule is O=C(OCC1c2ccccc2-c2ccccc21)N1C2C=C(c3cc4ccccc4o3)CC1CC2. The first-order valence-electron chi connectivity index (χ1n) is 12.1. The molecule has 2 aliphatic heterocycles. The second-order valence-electron chi connectivity index (χ2n) is 9.55. The number of hydrogen-bond donors (Lipinski definition) is 0. The Morgan fingerprint density at radius 3 is 2.35 bits per heavy atom. The lowest BCUT2D eigenvalue weighted by Crippen LogP contribution is -2.43. The van der Waals surface area contributed by atoms with Crippen LogP contribution in [0, 0.1) is 0 Å². The zero-order valence-electron chi connectivity index (χ0n) is 18.8. The number of para-hydroxylation sites is 1. The van der Waals surface area contributed by atoms with Gasteiger partial charge in [0.25, 0.3) is 0 Å². The van der Waals surface area contributed by atoms with Gasteiger partial charge in [0.15, 0.2) is 0 Å². The van der Waals surface area contributed by atoms with Gasteiger partial charge in [-0.1, -0.05) is 72.8 Å². The predicted octanol–water partition coefficient (Wildman–Crippen LogP) is 7.00. The lowest BCUT2D eigenvalue weighted by Gasteiger charge is -2.33. The molecular weight excluding hydrogens is 422 g/mol. The van der Waals surface area contributed by atoms with E-state index in [1.165, 1.54) is 27.8 Å². The van der Waals surface area contributed by atoms with E-state index in [0.29, 0.717) is 6.61 Å². The van der Waals surface area contributed by atoms with Crippen LogP contribution in [0.4, 0.5) is 4.79 Å². The van der Waals surface area contributed by atoms with Crippen LogP contribution in [0.2, 0.25) is 0 Å². The Bertz CT molecular complexity index is 1370. The number of ether oxygens (including phenoxy) is 1. The highest BCUT2D eigenvalue weighted by molar-refractivity contribution is 5.83. The van der Waals surface area contributed by atoms with Crippen LogP contribution in [0.15, 0.2) is 89.4 Å². The van der Waals surface area contributed by atoms with Gasteiger partial charge in [-0.3, -0.25) is 4.90 Å². The maximum atomic E-state index is 13.3. The highest BCUT2D eigenvalue weighted by atomic mass is 16.6. The van der Waals surface area contributed by atoms with E-state index in [0.717, 1.165) is 36.0 Å². The summed E-state index contributed by atoms with van der Waals surface area (Å²) >= 11 is 0. The van der Waals surface area contributed by atoms with Crippen LogP contribution < -0.4 is 0 Å². The summed E-state index contributed by atoms with van der Waals surface area (Å²) < 4.78 is 12.1. The minimum absolute atomic E-state index is 0.0672. The van der Waals surface area contributed by atoms with Crippen molar-refractivity contribution in [2.45, 2.75) is 37.3 Å². The van der Waals surface area contributed by atoms with Gasteiger partial charge in [0.05, 0.1) is 6.04 Å². The fraction of sp³-hybridized carbons (Fsp3) is 0.233. The summed E-state index contributed by atoms with van der Waals surface area (Å²) in [6.07, 6.45) is 4.78. The fourth-order valence-corrected chi connectivity index (χ4v) is 6.11. The average Bonchev–Trinajstić information content (AvgIpc) is 3.53. The minimum Gasteiger partial charge on any atom is -0.456 e. The zero-order chi connectivity index (χ0) is 22.6. The first-order chi connectivity index (χ1) is 16.8. The van der Waals surface area contributed by atoms with Gasteiger partial charge < -0.3 is 9.15 Å². The molecule has 168 valence electrons. The van der Waals surface area contributed by atoms with E-state index in [2.05, 4.69) is 66.7 Å². The van der Waals surface area contributed by atoms with E-state index in [4.69, 9.17) is 9.15 Å². The summed E-state index contributed by atoms with van der Waals surface area (Å²) in [7, 11) is 0. The van der Waals surface area contributed by atoms with Gasteiger partial charge in [-0.15, -0.1) is 0 Å². The Labute approximate surface area is 198 Å². The molecule has 4 nitrogen and oxygen atoms in total. The summed E-state index contributed by atoms with van der Waals surface area (Å²) in [6, 6.07) is 27.3. The lowest BCUT2D eigenvalue weighted by atomic mass is 9.98. The molecule has 1 aliphatic carbocycles. The van der Waals surface area contributed by atoms with Gasteiger partial charge in [0.2, 0.25) is 0 Å². The van der Waals surface area contributed by atoms with Crippen LogP contribution in [-0.4, -0.2) is 29.7 Å². The van der Waals surface area contributed by atoms with Crippen molar-refractivity contribution in [2.75, 3.05) is 6.61 Å². The van der Waals surface area contributed by atoms with E-state index in [1.54, 1.807) is 0 Å². The highest BCUT2D eigenvalue weighted by Gasteiger charge is 2.41. The number of hydrogen-bond acceptors (Lipinski definition) is 3. The minimum atomic E-state index is -0.200. The molecule has 4 aromatic rings. The maximum Gasteiger partial charge on any atom is 0.410 e. The maximum absolute atomic E-state index is 13.3. The molecule has 2 atom stereocenters. The second-order valence-corrected chi connectivity index (χ2v) is 9.55. The van der Waals surface area contributed by atoms with Crippen LogP contribution in [0.25, 0.3) is 27.7 Å². The third-order valence-electron chi connectivity index (χ3n) is 7.68. The monoisotopic (exact) mass is 447 g/mol. The number of fused-ring (bicyclic) bond motifs is 6. The van der Waals surface area contributed by atoms with E-state index in [9.17, 15) is 4.79 Å². The fourth-order valence-electron chi connectivity index (χ4n) is 6.11. The first kappa shape index (κ1) is 19.7. The number of benzene rings is 3. The molecule has 3 heterocycles. The third kappa shape index (κ3) is 3.02. The quantitative estimate of drug-likeness (QED) is 0.339. The molecule has 3 aliphatic rings. The van der Waals surface area contributed by atoms with Crippen LogP contribution in [-0.2, 0) is 4.74 Å². The van der Waals surface area contributed by atoms with Gasteiger partial charge in [-0.2, -0.15) is 0 Å². The van der Waals surface area contributed by atoms with Crippen LogP contribution in [0.3, 0.4) is 0 Å². The van der Waals surface area contributed by atoms with Gasteiger partial charge in [0, 0.05) is 17.3 Å². The van der Waals surface area contributed by atoms with E-state index in [-0.39, 0.29) is 24.1 Å². The highest BCUT2D eigenvalue weighted by Crippen LogP contribution is 2.45. The first-order valence-corrected chi connectivity index (χ1v) is 12.1. The van der Waals surface area contributed by atoms with Crippen molar-refractivity contribution >= 4 is 22.6 Å². The molecule has 0 N–H and O–H groups in total. The second kappa shape index (κ2) is 7.63. The molecule has 1 aromatic heterocycles. The van der Waals surface area contributed by atoms with Gasteiger partial charge in [-0.05, 0) is 59.2 Å². The van der Waals surface area contributed by atoms with Crippen molar-refractivity contribution < 1.29 is 13.9 Å². The summed E-state index contributed by atoms with van der Waals surface area (Å²) in [4.78, 5) is 15.2. The molecule has 1 amide bonds. The largest absolute Gasteiger partial charge is 0.456 e. The van der Waals surface area contributed by atoms with E-state index >= 15 is 0 Å². The Morgan fingerprint density at radius 1 is 0.912 bits per heavy atom. The van der Waals surface area contributed by atoms with Crippen LogP contribution in [0.5, 0.6) is 0 Å². The van der Waals surface area contributed by atoms with Crippen molar-refractivity contribution in [3.63, 3.8) is 0 Å². The van der Waals surface area contributed by atoms with Gasteiger partial charge >= 0.3 is 6.09 Å². The topological polar surface area (TPSA) is 42.7 Å². The molecule has 1 saturated heterocycles. The van der Waals surface area contributed by atoms with Gasteiger partial charge in [-0.25, -0.2) is 4.79 Å². The molecule has 34 heavy (non-hydrogen) atoms. The third-order valence-corrected chi connectivity index (χ3v) is 7.68. The molecule has 4 heteroatoms. The smallest absolute Gasteiger partial charge is 0.410 e. The molecule has 0 radical (unpaired) electrons. The molecule has 0 spiro atoms. The van der Waals surface area contributed by atoms with Crippen LogP contribution in [0.1, 0.15) is 42.1 Å². The van der Waals surface area contributed by atoms with Crippen molar-refractivity contribution in [1.82, 2.24) is 4.90 Å². The van der Waals surface area contributed by atoms with Crippen molar-refractivity contribution in [1.29, 1.82) is 0 Å². The van der Waals surface area contributed by atoms with Crippen molar-refractivity contribution in [3.05, 3.63) is 102 Å². The average molecular weight is 448 g/mol. The van der Waals surface area contributed by atoms with Crippen LogP contribution >= 0.6 is 0 Å². The lowest BCUT2D eigenvalue weighted by molar-refractivity contribution is 0.0865. The molecule has 2 unspecified atom stereocenters. The normalized spacial score (nSPS) is 20.8. The number of nitrogens with zero attached hydrogens (tertiary/aromatic N) is 1. The number of rotatable bonds is 3. The summed E-state index contributed by atoms with van der Waals surface area (Å²) in [5.74, 6) is 1.01. The molecule has 1 fully saturated rings. The zero-order valence-corrected chi connectivity index (χ0v) is 18.8. The van der Waals surface area contributed by atoms with E-state index < -0.39 is 0 Å². The Morgan fingerprint density at radius 2 is 1.62 bits per heavy atom. The molecule has 0 saturated carbocycles. The Balaban J connectivity index is 1.11. The Kier molecular flexibility index (Phi) is 4.41. The molecule has 3 aromatic carbocycles. The number of carbonyl (C=O) groups is 1. The standard InChI is InChI=1S/C30H25NO3/c32-30(33-18-27-25-10-4-2-8-23(25)24-9-3-5-11-26(24)27)31-21-13-14-22(31)16-20(15-21)29-17-19-7-1-6-12-28(19)34-29/h1-12,15,17,21-22,27H,13-14,16,18H2. The van der Waals surface area contributed by atoms with Crippen molar-refractivity contribution in [2.24, 2.45) is 0 Å². The summed E-state index contributed by atoms with van der Waals surface area (Å²) in [6.45, 7) is 0.364. The molecule has 2 bridgehead atoms.